The fourth-order valence-corrected chi connectivity index (χ4v) is 2.35. The third-order valence-electron chi connectivity index (χ3n) is 3.50. The van der Waals surface area contributed by atoms with Crippen molar-refractivity contribution in [1.29, 1.82) is 0 Å². The van der Waals surface area contributed by atoms with Gasteiger partial charge < -0.3 is 21.3 Å². The van der Waals surface area contributed by atoms with Crippen LogP contribution in [0.15, 0.2) is 78.5 Å². The van der Waals surface area contributed by atoms with Crippen molar-refractivity contribution in [3.05, 3.63) is 78.5 Å². The molecule has 25 heavy (non-hydrogen) atoms. The summed E-state index contributed by atoms with van der Waals surface area (Å²) in [6.07, 6.45) is 6.39. The summed E-state index contributed by atoms with van der Waals surface area (Å²) in [7, 11) is 0. The Morgan fingerprint density at radius 2 is 1.32 bits per heavy atom. The molecule has 6 nitrogen and oxygen atoms in total. The van der Waals surface area contributed by atoms with Crippen LogP contribution in [-0.2, 0) is 0 Å². The molecule has 0 aliphatic heterocycles. The number of carbonyl (C=O) groups excluding carboxylic acids is 2. The number of nitrogens with one attached hydrogen (secondary N) is 4. The largest absolute Gasteiger partial charge is 0.323 e. The molecule has 6 heteroatoms. The maximum absolute atomic E-state index is 12.1. The van der Waals surface area contributed by atoms with Crippen molar-refractivity contribution in [2.75, 3.05) is 16.0 Å². The zero-order valence-electron chi connectivity index (χ0n) is 13.5. The minimum atomic E-state index is -0.386. The first kappa shape index (κ1) is 16.3. The van der Waals surface area contributed by atoms with Gasteiger partial charge in [0, 0.05) is 17.8 Å². The van der Waals surface area contributed by atoms with Gasteiger partial charge in [-0.2, -0.15) is 0 Å². The number of benzene rings is 2. The molecule has 0 saturated heterocycles. The second-order valence-electron chi connectivity index (χ2n) is 5.39. The van der Waals surface area contributed by atoms with Crippen LogP contribution in [0.4, 0.5) is 26.7 Å². The highest BCUT2D eigenvalue weighted by atomic mass is 16.2. The van der Waals surface area contributed by atoms with Gasteiger partial charge in [0.05, 0.1) is 11.4 Å². The molecular weight excluding hydrogens is 316 g/mol. The zero-order chi connectivity index (χ0) is 17.5. The average molecular weight is 334 g/mol. The quantitative estimate of drug-likeness (QED) is 0.672. The van der Waals surface area contributed by atoms with Crippen LogP contribution < -0.4 is 21.3 Å². The van der Waals surface area contributed by atoms with E-state index >= 15 is 0 Å². The lowest BCUT2D eigenvalue weighted by atomic mass is 10.2. The Labute approximate surface area is 145 Å². The first-order valence-corrected chi connectivity index (χ1v) is 7.86. The monoisotopic (exact) mass is 334 g/mol. The van der Waals surface area contributed by atoms with Gasteiger partial charge in [0.2, 0.25) is 0 Å². The molecule has 0 heterocycles. The van der Waals surface area contributed by atoms with Gasteiger partial charge in [-0.25, -0.2) is 9.59 Å². The van der Waals surface area contributed by atoms with E-state index in [1.807, 2.05) is 36.4 Å². The summed E-state index contributed by atoms with van der Waals surface area (Å²) in [6, 6.07) is 15.4. The number of para-hydroxylation sites is 3. The molecular formula is C19H18N4O2. The predicted molar refractivity (Wildman–Crippen MR) is 99.5 cm³/mol. The Hall–Kier alpha value is -3.54. The topological polar surface area (TPSA) is 82.3 Å². The summed E-state index contributed by atoms with van der Waals surface area (Å²) in [5.41, 5.74) is 2.52. The summed E-state index contributed by atoms with van der Waals surface area (Å²) >= 11 is 0. The molecule has 0 bridgehead atoms. The Kier molecular flexibility index (Phi) is 5.11. The maximum atomic E-state index is 12.1. The van der Waals surface area contributed by atoms with E-state index in [0.717, 1.165) is 5.70 Å². The number of rotatable bonds is 4. The molecule has 0 atom stereocenters. The van der Waals surface area contributed by atoms with Crippen molar-refractivity contribution in [2.24, 2.45) is 0 Å². The van der Waals surface area contributed by atoms with Crippen molar-refractivity contribution in [2.45, 2.75) is 6.42 Å². The first-order valence-electron chi connectivity index (χ1n) is 7.86. The number of hydrogen-bond acceptors (Lipinski definition) is 2. The minimum absolute atomic E-state index is 0.354. The zero-order valence-corrected chi connectivity index (χ0v) is 13.5. The van der Waals surface area contributed by atoms with E-state index in [1.54, 1.807) is 36.4 Å². The van der Waals surface area contributed by atoms with E-state index in [2.05, 4.69) is 21.3 Å². The van der Waals surface area contributed by atoms with Crippen molar-refractivity contribution in [3.8, 4) is 0 Å². The Morgan fingerprint density at radius 1 is 0.720 bits per heavy atom. The normalized spacial score (nSPS) is 12.2. The number of anilines is 3. The SMILES string of the molecule is O=C(NC1=CC=CC1)Nc1ccccc1NC(=O)Nc1ccccc1. The second kappa shape index (κ2) is 7.83. The van der Waals surface area contributed by atoms with E-state index < -0.39 is 0 Å². The van der Waals surface area contributed by atoms with Crippen LogP contribution in [0, 0.1) is 0 Å². The van der Waals surface area contributed by atoms with Gasteiger partial charge in [-0.1, -0.05) is 42.5 Å². The van der Waals surface area contributed by atoms with Gasteiger partial charge >= 0.3 is 12.1 Å². The molecule has 1 aliphatic rings. The smallest absolute Gasteiger partial charge is 0.311 e. The van der Waals surface area contributed by atoms with Crippen LogP contribution in [0.5, 0.6) is 0 Å². The summed E-state index contributed by atoms with van der Waals surface area (Å²) in [5, 5.41) is 11.0. The lowest BCUT2D eigenvalue weighted by molar-refractivity contribution is 0.254. The van der Waals surface area contributed by atoms with Crippen molar-refractivity contribution in [1.82, 2.24) is 5.32 Å². The Morgan fingerprint density at radius 3 is 1.92 bits per heavy atom. The number of hydrogen-bond donors (Lipinski definition) is 4. The van der Waals surface area contributed by atoms with Gasteiger partial charge in [-0.3, -0.25) is 0 Å². The predicted octanol–water partition coefficient (Wildman–Crippen LogP) is 4.30. The molecule has 0 aromatic heterocycles. The maximum Gasteiger partial charge on any atom is 0.323 e. The van der Waals surface area contributed by atoms with Crippen LogP contribution in [0.3, 0.4) is 0 Å². The molecule has 0 fully saturated rings. The van der Waals surface area contributed by atoms with E-state index in [9.17, 15) is 9.59 Å². The lowest BCUT2D eigenvalue weighted by Gasteiger charge is -2.14. The minimum Gasteiger partial charge on any atom is -0.311 e. The van der Waals surface area contributed by atoms with E-state index in [-0.39, 0.29) is 12.1 Å². The van der Waals surface area contributed by atoms with Crippen LogP contribution in [0.25, 0.3) is 0 Å². The highest BCUT2D eigenvalue weighted by Gasteiger charge is 2.10. The summed E-state index contributed by atoms with van der Waals surface area (Å²) in [6.45, 7) is 0. The molecule has 126 valence electrons. The van der Waals surface area contributed by atoms with Gasteiger partial charge in [-0.15, -0.1) is 0 Å². The molecule has 4 N–H and O–H groups in total. The third kappa shape index (κ3) is 4.71. The van der Waals surface area contributed by atoms with E-state index in [1.165, 1.54) is 0 Å². The Balaban J connectivity index is 1.62. The number of carbonyl (C=O) groups is 2. The molecule has 4 amide bonds. The molecule has 0 unspecified atom stereocenters. The molecule has 0 radical (unpaired) electrons. The summed E-state index contributed by atoms with van der Waals surface area (Å²) in [5.74, 6) is 0. The standard InChI is InChI=1S/C19H18N4O2/c24-18(20-14-8-2-1-3-9-14)22-16-12-6-7-13-17(16)23-19(25)21-15-10-4-5-11-15/h1-10,12-13H,11H2,(H2,20,22,24)(H2,21,23,25). The van der Waals surface area contributed by atoms with Crippen molar-refractivity contribution < 1.29 is 9.59 Å². The van der Waals surface area contributed by atoms with Crippen molar-refractivity contribution >= 4 is 29.1 Å². The summed E-state index contributed by atoms with van der Waals surface area (Å²) < 4.78 is 0. The fraction of sp³-hybridized carbons (Fsp3) is 0.0526. The van der Waals surface area contributed by atoms with Gasteiger partial charge in [0.25, 0.3) is 0 Å². The molecule has 3 rings (SSSR count). The Bertz CT molecular complexity index is 828. The van der Waals surface area contributed by atoms with Crippen molar-refractivity contribution in [3.63, 3.8) is 0 Å². The third-order valence-corrected chi connectivity index (χ3v) is 3.50. The molecule has 2 aromatic carbocycles. The van der Waals surface area contributed by atoms with Crippen LogP contribution in [-0.4, -0.2) is 12.1 Å². The van der Waals surface area contributed by atoms with E-state index in [4.69, 9.17) is 0 Å². The molecule has 0 spiro atoms. The van der Waals surface area contributed by atoms with Gasteiger partial charge in [0.15, 0.2) is 0 Å². The highest BCUT2D eigenvalue weighted by molar-refractivity contribution is 6.03. The molecule has 1 aliphatic carbocycles. The van der Waals surface area contributed by atoms with Crippen LogP contribution in [0.2, 0.25) is 0 Å². The first-order chi connectivity index (χ1) is 12.2. The van der Waals surface area contributed by atoms with Gasteiger partial charge in [0.1, 0.15) is 0 Å². The van der Waals surface area contributed by atoms with Gasteiger partial charge in [-0.05, 0) is 30.3 Å². The summed E-state index contributed by atoms with van der Waals surface area (Å²) in [4.78, 5) is 24.2. The van der Waals surface area contributed by atoms with Crippen LogP contribution in [0.1, 0.15) is 6.42 Å². The number of allylic oxidation sites excluding steroid dienone is 3. The van der Waals surface area contributed by atoms with Crippen LogP contribution >= 0.6 is 0 Å². The van der Waals surface area contributed by atoms with E-state index in [0.29, 0.717) is 23.5 Å². The molecule has 2 aromatic rings. The average Bonchev–Trinajstić information content (AvgIpc) is 3.10. The number of urea groups is 2. The lowest BCUT2D eigenvalue weighted by Crippen LogP contribution is -2.28. The second-order valence-corrected chi connectivity index (χ2v) is 5.39. The highest BCUT2D eigenvalue weighted by Crippen LogP contribution is 2.21. The fourth-order valence-electron chi connectivity index (χ4n) is 2.35. The molecule has 0 saturated carbocycles. The number of amides is 4.